The number of esters is 1. The molecule has 0 aromatic heterocycles. The molecular formula is C34H59NO2. The van der Waals surface area contributed by atoms with Crippen LogP contribution in [0.1, 0.15) is 168 Å². The second kappa shape index (κ2) is 16.8. The van der Waals surface area contributed by atoms with Crippen LogP contribution < -0.4 is 0 Å². The lowest BCUT2D eigenvalue weighted by Gasteiger charge is -2.38. The van der Waals surface area contributed by atoms with Crippen LogP contribution in [0.15, 0.2) is 0 Å². The Labute approximate surface area is 229 Å². The topological polar surface area (TPSA) is 50.1 Å². The highest BCUT2D eigenvalue weighted by Gasteiger charge is 2.38. The van der Waals surface area contributed by atoms with Crippen molar-refractivity contribution in [3.05, 3.63) is 0 Å². The standard InChI is InChI=1S/C34H59NO2/c1-3-5-7-9-11-13-28-14-16-29(17-15-28)30-18-20-31(21-19-30)33(36)37-32-22-25-34(27-35,26-23-32)24-12-10-8-6-4-2/h28-32H,3-26H2,1-2H3. The normalized spacial score (nSPS) is 32.5. The molecule has 3 rings (SSSR count). The predicted molar refractivity (Wildman–Crippen MR) is 154 cm³/mol. The van der Waals surface area contributed by atoms with Crippen LogP contribution in [-0.4, -0.2) is 12.1 Å². The van der Waals surface area contributed by atoms with E-state index in [0.717, 1.165) is 62.7 Å². The molecule has 0 aliphatic heterocycles. The van der Waals surface area contributed by atoms with Gasteiger partial charge in [-0.25, -0.2) is 0 Å². The second-order valence-electron chi connectivity index (χ2n) is 13.3. The third-order valence-corrected chi connectivity index (χ3v) is 10.5. The van der Waals surface area contributed by atoms with Gasteiger partial charge in [0.15, 0.2) is 0 Å². The van der Waals surface area contributed by atoms with Crippen LogP contribution in [0, 0.1) is 40.4 Å². The Balaban J connectivity index is 1.28. The molecule has 3 fully saturated rings. The van der Waals surface area contributed by atoms with Crippen LogP contribution in [0.4, 0.5) is 0 Å². The van der Waals surface area contributed by atoms with Crippen molar-refractivity contribution in [2.75, 3.05) is 0 Å². The monoisotopic (exact) mass is 513 g/mol. The quantitative estimate of drug-likeness (QED) is 0.162. The van der Waals surface area contributed by atoms with E-state index in [-0.39, 0.29) is 23.4 Å². The molecule has 0 amide bonds. The van der Waals surface area contributed by atoms with Gasteiger partial charge >= 0.3 is 5.97 Å². The second-order valence-corrected chi connectivity index (χ2v) is 13.3. The van der Waals surface area contributed by atoms with E-state index in [4.69, 9.17) is 4.74 Å². The molecule has 0 heterocycles. The summed E-state index contributed by atoms with van der Waals surface area (Å²) in [5.74, 6) is 2.93. The molecule has 3 saturated carbocycles. The first-order valence-electron chi connectivity index (χ1n) is 16.7. The van der Waals surface area contributed by atoms with Crippen molar-refractivity contribution >= 4 is 5.97 Å². The van der Waals surface area contributed by atoms with Crippen LogP contribution in [0.2, 0.25) is 0 Å². The maximum Gasteiger partial charge on any atom is 0.309 e. The van der Waals surface area contributed by atoms with Crippen molar-refractivity contribution in [3.8, 4) is 6.07 Å². The zero-order valence-electron chi connectivity index (χ0n) is 24.6. The number of hydrogen-bond acceptors (Lipinski definition) is 3. The molecule has 0 atom stereocenters. The van der Waals surface area contributed by atoms with Gasteiger partial charge in [0.1, 0.15) is 6.10 Å². The van der Waals surface area contributed by atoms with Crippen molar-refractivity contribution in [3.63, 3.8) is 0 Å². The summed E-state index contributed by atoms with van der Waals surface area (Å²) in [6, 6.07) is 2.66. The first-order chi connectivity index (χ1) is 18.1. The molecule has 37 heavy (non-hydrogen) atoms. The fraction of sp³-hybridized carbons (Fsp3) is 0.941. The van der Waals surface area contributed by atoms with E-state index in [9.17, 15) is 10.1 Å². The number of hydrogen-bond donors (Lipinski definition) is 0. The van der Waals surface area contributed by atoms with Crippen LogP contribution in [0.25, 0.3) is 0 Å². The summed E-state index contributed by atoms with van der Waals surface area (Å²) in [7, 11) is 0. The molecule has 0 saturated heterocycles. The maximum absolute atomic E-state index is 13.0. The minimum atomic E-state index is -0.165. The highest BCUT2D eigenvalue weighted by Crippen LogP contribution is 2.44. The molecule has 0 bridgehead atoms. The van der Waals surface area contributed by atoms with Crippen LogP contribution >= 0.6 is 0 Å². The Morgan fingerprint density at radius 3 is 1.84 bits per heavy atom. The van der Waals surface area contributed by atoms with E-state index < -0.39 is 0 Å². The summed E-state index contributed by atoms with van der Waals surface area (Å²) in [4.78, 5) is 13.0. The van der Waals surface area contributed by atoms with Gasteiger partial charge in [-0.05, 0) is 88.4 Å². The molecule has 0 spiro atoms. The van der Waals surface area contributed by atoms with Gasteiger partial charge in [0.25, 0.3) is 0 Å². The third kappa shape index (κ3) is 10.2. The van der Waals surface area contributed by atoms with E-state index in [1.807, 2.05) is 0 Å². The van der Waals surface area contributed by atoms with Gasteiger partial charge in [0.2, 0.25) is 0 Å². The lowest BCUT2D eigenvalue weighted by molar-refractivity contribution is -0.158. The highest BCUT2D eigenvalue weighted by molar-refractivity contribution is 5.72. The maximum atomic E-state index is 13.0. The SMILES string of the molecule is CCCCCCCC1CCC(C2CCC(C(=O)OC3CCC(C#N)(CCCCCCC)CC3)CC2)CC1. The summed E-state index contributed by atoms with van der Waals surface area (Å²) < 4.78 is 6.03. The lowest BCUT2D eigenvalue weighted by atomic mass is 9.68. The van der Waals surface area contributed by atoms with E-state index >= 15 is 0 Å². The van der Waals surface area contributed by atoms with Gasteiger partial charge in [-0.2, -0.15) is 5.26 Å². The molecule has 3 heteroatoms. The number of carbonyl (C=O) groups excluding carboxylic acids is 1. The summed E-state index contributed by atoms with van der Waals surface area (Å²) in [6.45, 7) is 4.54. The van der Waals surface area contributed by atoms with Crippen molar-refractivity contribution < 1.29 is 9.53 Å². The summed E-state index contributed by atoms with van der Waals surface area (Å²) in [6.07, 6.45) is 29.7. The van der Waals surface area contributed by atoms with Gasteiger partial charge < -0.3 is 4.74 Å². The van der Waals surface area contributed by atoms with Crippen LogP contribution in [-0.2, 0) is 9.53 Å². The molecule has 0 unspecified atom stereocenters. The van der Waals surface area contributed by atoms with Crippen LogP contribution in [0.5, 0.6) is 0 Å². The minimum absolute atomic E-state index is 0.0454. The van der Waals surface area contributed by atoms with E-state index in [1.54, 1.807) is 0 Å². The van der Waals surface area contributed by atoms with Gasteiger partial charge in [-0.1, -0.05) is 97.3 Å². The molecular weight excluding hydrogens is 454 g/mol. The Morgan fingerprint density at radius 2 is 1.27 bits per heavy atom. The third-order valence-electron chi connectivity index (χ3n) is 10.5. The molecule has 0 aromatic carbocycles. The first-order valence-corrected chi connectivity index (χ1v) is 16.7. The molecule has 0 aromatic rings. The van der Waals surface area contributed by atoms with Gasteiger partial charge in [0, 0.05) is 0 Å². The first kappa shape index (κ1) is 30.5. The van der Waals surface area contributed by atoms with Crippen LogP contribution in [0.3, 0.4) is 0 Å². The average molecular weight is 514 g/mol. The number of nitrogens with zero attached hydrogens (tertiary/aromatic N) is 1. The zero-order chi connectivity index (χ0) is 26.3. The van der Waals surface area contributed by atoms with Gasteiger partial charge in [-0.3, -0.25) is 4.79 Å². The summed E-state index contributed by atoms with van der Waals surface area (Å²) >= 11 is 0. The van der Waals surface area contributed by atoms with Crippen molar-refractivity contribution in [2.24, 2.45) is 29.1 Å². The number of carbonyl (C=O) groups is 1. The Morgan fingerprint density at radius 1 is 0.730 bits per heavy atom. The zero-order valence-corrected chi connectivity index (χ0v) is 24.6. The van der Waals surface area contributed by atoms with Gasteiger partial charge in [0.05, 0.1) is 17.4 Å². The molecule has 3 aliphatic rings. The molecule has 212 valence electrons. The highest BCUT2D eigenvalue weighted by atomic mass is 16.5. The fourth-order valence-corrected chi connectivity index (χ4v) is 7.82. The summed E-state index contributed by atoms with van der Waals surface area (Å²) in [5, 5.41) is 9.87. The Hall–Kier alpha value is -1.04. The molecule has 0 radical (unpaired) electrons. The number of unbranched alkanes of at least 4 members (excludes halogenated alkanes) is 8. The molecule has 0 N–H and O–H groups in total. The van der Waals surface area contributed by atoms with Crippen molar-refractivity contribution in [2.45, 2.75) is 174 Å². The Kier molecular flexibility index (Phi) is 13.9. The predicted octanol–water partition coefficient (Wildman–Crippen LogP) is 10.3. The average Bonchev–Trinajstić information content (AvgIpc) is 2.94. The van der Waals surface area contributed by atoms with E-state index in [1.165, 1.54) is 109 Å². The molecule has 3 aliphatic carbocycles. The van der Waals surface area contributed by atoms with E-state index in [2.05, 4.69) is 19.9 Å². The largest absolute Gasteiger partial charge is 0.462 e. The van der Waals surface area contributed by atoms with Crippen molar-refractivity contribution in [1.82, 2.24) is 0 Å². The molecule has 3 nitrogen and oxygen atoms in total. The number of rotatable bonds is 15. The minimum Gasteiger partial charge on any atom is -0.462 e. The number of nitriles is 1. The van der Waals surface area contributed by atoms with E-state index in [0.29, 0.717) is 0 Å². The lowest BCUT2D eigenvalue weighted by Crippen LogP contribution is -2.34. The smallest absolute Gasteiger partial charge is 0.309 e. The van der Waals surface area contributed by atoms with Gasteiger partial charge in [-0.15, -0.1) is 0 Å². The Bertz CT molecular complexity index is 658. The fourth-order valence-electron chi connectivity index (χ4n) is 7.82. The van der Waals surface area contributed by atoms with Crippen molar-refractivity contribution in [1.29, 1.82) is 5.26 Å². The number of ether oxygens (including phenoxy) is 1. The summed E-state index contributed by atoms with van der Waals surface area (Å²) in [5.41, 5.74) is -0.165.